The van der Waals surface area contributed by atoms with E-state index < -0.39 is 4.92 Å². The van der Waals surface area contributed by atoms with Gasteiger partial charge >= 0.3 is 0 Å². The Bertz CT molecular complexity index is 1410. The van der Waals surface area contributed by atoms with Crippen LogP contribution in [0.1, 0.15) is 29.2 Å². The Kier molecular flexibility index (Phi) is 8.30. The van der Waals surface area contributed by atoms with Crippen molar-refractivity contribution in [1.82, 2.24) is 5.32 Å². The van der Waals surface area contributed by atoms with Gasteiger partial charge in [-0.1, -0.05) is 34.1 Å². The number of carbonyl (C=O) groups excluding carboxylic acids is 1. The van der Waals surface area contributed by atoms with Gasteiger partial charge in [0.05, 0.1) is 22.1 Å². The van der Waals surface area contributed by atoms with Gasteiger partial charge in [0.25, 0.3) is 11.6 Å². The summed E-state index contributed by atoms with van der Waals surface area (Å²) in [5, 5.41) is 14.4. The summed E-state index contributed by atoms with van der Waals surface area (Å²) in [5.74, 6) is 0.793. The standard InChI is InChI=1S/C27H24BrN3O5S/c1-4-35-23-13-18(8-9-22(23)36-15-19-6-5-7-21(12-19)31(33)34)14-24-26(32)30-27(37-24)29-20-10-16(2)25(28)17(3)11-20/h5-14H,4,15H2,1-3H3,(H,29,30,32)/b24-14-. The number of nitrogens with one attached hydrogen (secondary N) is 1. The van der Waals surface area contributed by atoms with E-state index in [0.29, 0.717) is 33.7 Å². The molecule has 0 unspecified atom stereocenters. The Hall–Kier alpha value is -3.63. The first-order valence-electron chi connectivity index (χ1n) is 11.4. The molecule has 1 aliphatic heterocycles. The number of nitrogens with zero attached hydrogens (tertiary/aromatic N) is 2. The van der Waals surface area contributed by atoms with Crippen LogP contribution < -0.4 is 14.8 Å². The van der Waals surface area contributed by atoms with Gasteiger partial charge in [-0.3, -0.25) is 14.9 Å². The number of carbonyl (C=O) groups is 1. The number of amides is 1. The fraction of sp³-hybridized carbons (Fsp3) is 0.185. The van der Waals surface area contributed by atoms with Crippen LogP contribution in [-0.2, 0) is 11.4 Å². The Morgan fingerprint density at radius 2 is 1.84 bits per heavy atom. The van der Waals surface area contributed by atoms with Gasteiger partial charge in [-0.25, -0.2) is 4.99 Å². The van der Waals surface area contributed by atoms with E-state index in [9.17, 15) is 14.9 Å². The molecule has 0 bridgehead atoms. The van der Waals surface area contributed by atoms with Gasteiger partial charge in [0.15, 0.2) is 16.7 Å². The van der Waals surface area contributed by atoms with E-state index in [1.54, 1.807) is 30.3 Å². The molecule has 1 N–H and O–H groups in total. The molecule has 1 amide bonds. The van der Waals surface area contributed by atoms with Crippen LogP contribution in [0.5, 0.6) is 11.5 Å². The fourth-order valence-electron chi connectivity index (χ4n) is 3.66. The minimum absolute atomic E-state index is 0.00811. The van der Waals surface area contributed by atoms with Crippen molar-refractivity contribution in [1.29, 1.82) is 0 Å². The number of hydrogen-bond acceptors (Lipinski definition) is 7. The number of amidine groups is 1. The van der Waals surface area contributed by atoms with E-state index in [2.05, 4.69) is 26.2 Å². The lowest BCUT2D eigenvalue weighted by atomic mass is 10.1. The number of nitro groups is 1. The van der Waals surface area contributed by atoms with Crippen LogP contribution >= 0.6 is 27.7 Å². The molecule has 1 fully saturated rings. The summed E-state index contributed by atoms with van der Waals surface area (Å²) in [6.45, 7) is 6.43. The number of halogens is 1. The molecule has 8 nitrogen and oxygen atoms in total. The van der Waals surface area contributed by atoms with E-state index in [-0.39, 0.29) is 18.2 Å². The van der Waals surface area contributed by atoms with Gasteiger partial charge < -0.3 is 14.8 Å². The lowest BCUT2D eigenvalue weighted by Gasteiger charge is -2.13. The lowest BCUT2D eigenvalue weighted by molar-refractivity contribution is -0.384. The fourth-order valence-corrected chi connectivity index (χ4v) is 4.73. The lowest BCUT2D eigenvalue weighted by Crippen LogP contribution is -2.19. The molecule has 1 saturated heterocycles. The zero-order valence-electron chi connectivity index (χ0n) is 20.4. The molecule has 0 radical (unpaired) electrons. The highest BCUT2D eigenvalue weighted by atomic mass is 79.9. The van der Waals surface area contributed by atoms with E-state index in [4.69, 9.17) is 9.47 Å². The van der Waals surface area contributed by atoms with Crippen LogP contribution in [0.4, 0.5) is 11.4 Å². The third-order valence-electron chi connectivity index (χ3n) is 5.38. The molecule has 1 heterocycles. The summed E-state index contributed by atoms with van der Waals surface area (Å²) >= 11 is 4.83. The molecular weight excluding hydrogens is 558 g/mol. The van der Waals surface area contributed by atoms with Crippen molar-refractivity contribution < 1.29 is 19.2 Å². The van der Waals surface area contributed by atoms with Crippen LogP contribution in [-0.4, -0.2) is 22.6 Å². The Labute approximate surface area is 227 Å². The van der Waals surface area contributed by atoms with Gasteiger partial charge in [-0.2, -0.15) is 0 Å². The third kappa shape index (κ3) is 6.58. The first-order chi connectivity index (χ1) is 17.7. The number of aryl methyl sites for hydroxylation is 2. The van der Waals surface area contributed by atoms with Crippen molar-refractivity contribution in [2.75, 3.05) is 6.61 Å². The SMILES string of the molecule is CCOc1cc(/C=C2\SC(=Nc3cc(C)c(Br)c(C)c3)NC2=O)ccc1OCc1cccc([N+](=O)[O-])c1. The first-order valence-corrected chi connectivity index (χ1v) is 13.0. The predicted molar refractivity (Wildman–Crippen MR) is 149 cm³/mol. The van der Waals surface area contributed by atoms with E-state index >= 15 is 0 Å². The number of nitro benzene ring substituents is 1. The van der Waals surface area contributed by atoms with Crippen LogP contribution in [0.25, 0.3) is 6.08 Å². The number of non-ortho nitro benzene ring substituents is 1. The topological polar surface area (TPSA) is 103 Å². The number of ether oxygens (including phenoxy) is 2. The summed E-state index contributed by atoms with van der Waals surface area (Å²) in [5.41, 5.74) is 4.35. The first kappa shape index (κ1) is 26.4. The molecule has 0 spiro atoms. The van der Waals surface area contributed by atoms with Crippen LogP contribution in [0.15, 0.2) is 69.0 Å². The molecule has 37 heavy (non-hydrogen) atoms. The van der Waals surface area contributed by atoms with Crippen molar-refractivity contribution in [3.8, 4) is 11.5 Å². The highest BCUT2D eigenvalue weighted by Gasteiger charge is 2.24. The third-order valence-corrected chi connectivity index (χ3v) is 7.54. The second-order valence-electron chi connectivity index (χ2n) is 8.23. The maximum atomic E-state index is 12.6. The minimum Gasteiger partial charge on any atom is -0.490 e. The van der Waals surface area contributed by atoms with Gasteiger partial charge in [-0.05, 0) is 85.1 Å². The molecule has 4 rings (SSSR count). The number of thioether (sulfide) groups is 1. The Morgan fingerprint density at radius 1 is 1.08 bits per heavy atom. The largest absolute Gasteiger partial charge is 0.490 e. The maximum absolute atomic E-state index is 12.6. The zero-order chi connectivity index (χ0) is 26.5. The van der Waals surface area contributed by atoms with Crippen LogP contribution in [0.2, 0.25) is 0 Å². The van der Waals surface area contributed by atoms with E-state index in [1.165, 1.54) is 23.9 Å². The van der Waals surface area contributed by atoms with Gasteiger partial charge in [-0.15, -0.1) is 0 Å². The monoisotopic (exact) mass is 581 g/mol. The highest BCUT2D eigenvalue weighted by Crippen LogP contribution is 2.34. The van der Waals surface area contributed by atoms with Crippen molar-refractivity contribution >= 4 is 56.2 Å². The second kappa shape index (κ2) is 11.6. The predicted octanol–water partition coefficient (Wildman–Crippen LogP) is 6.84. The van der Waals surface area contributed by atoms with Crippen molar-refractivity contribution in [3.05, 3.63) is 96.3 Å². The Morgan fingerprint density at radius 3 is 2.54 bits per heavy atom. The highest BCUT2D eigenvalue weighted by molar-refractivity contribution is 9.10. The molecule has 1 aliphatic rings. The van der Waals surface area contributed by atoms with E-state index in [0.717, 1.165) is 26.9 Å². The number of rotatable bonds is 8. The number of benzene rings is 3. The molecule has 10 heteroatoms. The average Bonchev–Trinajstić information content (AvgIpc) is 3.20. The van der Waals surface area contributed by atoms with Gasteiger partial charge in [0.1, 0.15) is 6.61 Å². The molecule has 3 aromatic rings. The average molecular weight is 582 g/mol. The van der Waals surface area contributed by atoms with Gasteiger partial charge in [0, 0.05) is 16.6 Å². The molecule has 0 aromatic heterocycles. The normalized spacial score (nSPS) is 15.2. The Balaban J connectivity index is 1.51. The summed E-state index contributed by atoms with van der Waals surface area (Å²) in [4.78, 5) is 28.3. The summed E-state index contributed by atoms with van der Waals surface area (Å²) in [7, 11) is 0. The molecule has 190 valence electrons. The van der Waals surface area contributed by atoms with Crippen molar-refractivity contribution in [2.24, 2.45) is 4.99 Å². The number of aliphatic imine (C=N–C) groups is 1. The van der Waals surface area contributed by atoms with Crippen molar-refractivity contribution in [2.45, 2.75) is 27.4 Å². The molecule has 3 aromatic carbocycles. The van der Waals surface area contributed by atoms with Crippen molar-refractivity contribution in [3.63, 3.8) is 0 Å². The summed E-state index contributed by atoms with van der Waals surface area (Å²) in [6.07, 6.45) is 1.77. The molecule has 0 saturated carbocycles. The van der Waals surface area contributed by atoms with Crippen LogP contribution in [0.3, 0.4) is 0 Å². The summed E-state index contributed by atoms with van der Waals surface area (Å²) < 4.78 is 12.7. The number of hydrogen-bond donors (Lipinski definition) is 1. The van der Waals surface area contributed by atoms with Crippen LogP contribution in [0, 0.1) is 24.0 Å². The molecule has 0 atom stereocenters. The summed E-state index contributed by atoms with van der Waals surface area (Å²) in [6, 6.07) is 15.6. The molecule has 0 aliphatic carbocycles. The smallest absolute Gasteiger partial charge is 0.269 e. The maximum Gasteiger partial charge on any atom is 0.269 e. The van der Waals surface area contributed by atoms with E-state index in [1.807, 2.05) is 39.0 Å². The molecular formula is C27H24BrN3O5S. The van der Waals surface area contributed by atoms with Gasteiger partial charge in [0.2, 0.25) is 0 Å². The quantitative estimate of drug-likeness (QED) is 0.177. The zero-order valence-corrected chi connectivity index (χ0v) is 22.8. The minimum atomic E-state index is -0.439. The second-order valence-corrected chi connectivity index (χ2v) is 10.1.